The number of carbonyl (C=O) groups is 1. The fourth-order valence-corrected chi connectivity index (χ4v) is 3.19. The van der Waals surface area contributed by atoms with E-state index in [-0.39, 0.29) is 35.9 Å². The summed E-state index contributed by atoms with van der Waals surface area (Å²) in [4.78, 5) is 10.3. The third kappa shape index (κ3) is 5.81. The molecule has 1 rings (SSSR count). The van der Waals surface area contributed by atoms with Crippen LogP contribution in [-0.2, 0) is 31.2 Å². The maximum Gasteiger partial charge on any atom is 0.305 e. The average Bonchev–Trinajstić information content (AvgIpc) is 2.85. The summed E-state index contributed by atoms with van der Waals surface area (Å²) in [6, 6.07) is 0. The van der Waals surface area contributed by atoms with Gasteiger partial charge < -0.3 is 5.11 Å². The second-order valence-electron chi connectivity index (χ2n) is 4.22. The lowest BCUT2D eigenvalue weighted by Gasteiger charge is -2.04. The predicted octanol–water partition coefficient (Wildman–Crippen LogP) is -0.929. The lowest BCUT2D eigenvalue weighted by molar-refractivity contribution is -0.137. The van der Waals surface area contributed by atoms with Crippen LogP contribution in [0.15, 0.2) is 17.3 Å². The molecule has 120 valence electrons. The molecule has 0 aliphatic heterocycles. The quantitative estimate of drug-likeness (QED) is 0.593. The lowest BCUT2D eigenvalue weighted by Crippen LogP contribution is -2.29. The summed E-state index contributed by atoms with van der Waals surface area (Å²) < 4.78 is 49.7. The predicted molar refractivity (Wildman–Crippen MR) is 74.0 cm³/mol. The molecule has 0 saturated heterocycles. The summed E-state index contributed by atoms with van der Waals surface area (Å²) in [7, 11) is -7.10. The van der Waals surface area contributed by atoms with Gasteiger partial charge in [0.15, 0.2) is 9.84 Å². The van der Waals surface area contributed by atoms with Crippen molar-refractivity contribution in [3.8, 4) is 0 Å². The van der Waals surface area contributed by atoms with Crippen LogP contribution in [0.2, 0.25) is 0 Å². The molecule has 0 spiro atoms. The second kappa shape index (κ2) is 7.00. The molecule has 1 heterocycles. The number of aromatic nitrogens is 2. The molecule has 0 unspecified atom stereocenters. The summed E-state index contributed by atoms with van der Waals surface area (Å²) in [5, 5.41) is 12.3. The van der Waals surface area contributed by atoms with Gasteiger partial charge >= 0.3 is 5.97 Å². The Balaban J connectivity index is 2.64. The molecule has 1 aromatic rings. The molecule has 1 aromatic heterocycles. The number of hydrogen-bond donors (Lipinski definition) is 2. The molecule has 9 nitrogen and oxygen atoms in total. The Hall–Kier alpha value is -1.46. The normalized spacial score (nSPS) is 12.4. The number of nitrogens with one attached hydrogen (secondary N) is 1. The van der Waals surface area contributed by atoms with E-state index in [0.717, 1.165) is 6.20 Å². The third-order valence-corrected chi connectivity index (χ3v) is 5.74. The van der Waals surface area contributed by atoms with Crippen molar-refractivity contribution in [3.63, 3.8) is 0 Å². The molecule has 0 aliphatic carbocycles. The molecule has 0 aliphatic rings. The molecule has 0 atom stereocenters. The zero-order valence-corrected chi connectivity index (χ0v) is 13.0. The topological polar surface area (TPSA) is 135 Å². The van der Waals surface area contributed by atoms with Gasteiger partial charge in [-0.3, -0.25) is 9.48 Å². The summed E-state index contributed by atoms with van der Waals surface area (Å²) in [5.41, 5.74) is 0. The first kappa shape index (κ1) is 17.6. The SMILES string of the molecule is CCS(=O)(=O)CCNS(=O)(=O)c1cnn(CCC(=O)O)c1. The number of sulfone groups is 1. The van der Waals surface area contributed by atoms with E-state index >= 15 is 0 Å². The van der Waals surface area contributed by atoms with E-state index < -0.39 is 25.8 Å². The Kier molecular flexibility index (Phi) is 5.87. The highest BCUT2D eigenvalue weighted by Crippen LogP contribution is 2.07. The number of carboxylic acids is 1. The molecule has 0 radical (unpaired) electrons. The van der Waals surface area contributed by atoms with Crippen molar-refractivity contribution in [2.75, 3.05) is 18.1 Å². The van der Waals surface area contributed by atoms with Gasteiger partial charge in [-0.25, -0.2) is 21.6 Å². The average molecular weight is 339 g/mol. The zero-order valence-electron chi connectivity index (χ0n) is 11.4. The fraction of sp³-hybridized carbons (Fsp3) is 0.600. The Morgan fingerprint density at radius 2 is 2.05 bits per heavy atom. The molecule has 0 fully saturated rings. The van der Waals surface area contributed by atoms with Crippen LogP contribution in [0.25, 0.3) is 0 Å². The smallest absolute Gasteiger partial charge is 0.305 e. The van der Waals surface area contributed by atoms with E-state index in [1.54, 1.807) is 0 Å². The number of aryl methyl sites for hydroxylation is 1. The molecule has 0 saturated carbocycles. The first-order valence-corrected chi connectivity index (χ1v) is 9.41. The molecule has 0 aromatic carbocycles. The fourth-order valence-electron chi connectivity index (χ4n) is 1.38. The van der Waals surface area contributed by atoms with E-state index in [9.17, 15) is 21.6 Å². The van der Waals surface area contributed by atoms with Crippen molar-refractivity contribution < 1.29 is 26.7 Å². The van der Waals surface area contributed by atoms with Crippen molar-refractivity contribution in [1.82, 2.24) is 14.5 Å². The molecular weight excluding hydrogens is 322 g/mol. The van der Waals surface area contributed by atoms with Gasteiger partial charge in [0.2, 0.25) is 10.0 Å². The first-order valence-electron chi connectivity index (χ1n) is 6.10. The Morgan fingerprint density at radius 3 is 2.62 bits per heavy atom. The highest BCUT2D eigenvalue weighted by Gasteiger charge is 2.17. The highest BCUT2D eigenvalue weighted by atomic mass is 32.2. The van der Waals surface area contributed by atoms with Crippen LogP contribution in [0.4, 0.5) is 0 Å². The van der Waals surface area contributed by atoms with Gasteiger partial charge in [-0.05, 0) is 0 Å². The van der Waals surface area contributed by atoms with Crippen molar-refractivity contribution >= 4 is 25.8 Å². The minimum atomic E-state index is -3.85. The minimum absolute atomic E-state index is 0.0507. The van der Waals surface area contributed by atoms with Crippen molar-refractivity contribution in [2.45, 2.75) is 24.8 Å². The van der Waals surface area contributed by atoms with Crippen LogP contribution in [0.3, 0.4) is 0 Å². The van der Waals surface area contributed by atoms with Gasteiger partial charge in [-0.2, -0.15) is 5.10 Å². The van der Waals surface area contributed by atoms with Gasteiger partial charge in [-0.1, -0.05) is 6.92 Å². The van der Waals surface area contributed by atoms with Crippen molar-refractivity contribution in [2.24, 2.45) is 0 Å². The molecule has 11 heteroatoms. The van der Waals surface area contributed by atoms with Gasteiger partial charge in [0.05, 0.1) is 24.9 Å². The van der Waals surface area contributed by atoms with Gasteiger partial charge in [0.1, 0.15) is 4.90 Å². The third-order valence-electron chi connectivity index (χ3n) is 2.62. The molecular formula is C10H17N3O6S2. The molecule has 2 N–H and O–H groups in total. The number of sulfonamides is 1. The largest absolute Gasteiger partial charge is 0.481 e. The van der Waals surface area contributed by atoms with Crippen LogP contribution >= 0.6 is 0 Å². The van der Waals surface area contributed by atoms with E-state index in [0.29, 0.717) is 0 Å². The van der Waals surface area contributed by atoms with Gasteiger partial charge in [0, 0.05) is 18.5 Å². The highest BCUT2D eigenvalue weighted by molar-refractivity contribution is 7.91. The molecule has 0 bridgehead atoms. The number of rotatable bonds is 9. The summed E-state index contributed by atoms with van der Waals surface area (Å²) >= 11 is 0. The maximum atomic E-state index is 11.9. The number of hydrogen-bond acceptors (Lipinski definition) is 6. The number of aliphatic carboxylic acids is 1. The van der Waals surface area contributed by atoms with Gasteiger partial charge in [0.25, 0.3) is 0 Å². The van der Waals surface area contributed by atoms with Crippen LogP contribution in [-0.4, -0.2) is 55.7 Å². The van der Waals surface area contributed by atoms with Crippen molar-refractivity contribution in [3.05, 3.63) is 12.4 Å². The van der Waals surface area contributed by atoms with E-state index in [1.807, 2.05) is 0 Å². The van der Waals surface area contributed by atoms with Crippen LogP contribution < -0.4 is 4.72 Å². The van der Waals surface area contributed by atoms with Crippen LogP contribution in [0.1, 0.15) is 13.3 Å². The second-order valence-corrected chi connectivity index (χ2v) is 8.46. The van der Waals surface area contributed by atoms with Crippen LogP contribution in [0.5, 0.6) is 0 Å². The summed E-state index contributed by atoms with van der Waals surface area (Å²) in [5.74, 6) is -1.35. The zero-order chi connectivity index (χ0) is 16.1. The standard InChI is InChI=1S/C10H17N3O6S2/c1-2-20(16,17)6-4-12-21(18,19)9-7-11-13(8-9)5-3-10(14)15/h7-8,12H,2-6H2,1H3,(H,14,15). The summed E-state index contributed by atoms with van der Waals surface area (Å²) in [6.45, 7) is 1.31. The first-order chi connectivity index (χ1) is 9.66. The Labute approximate surface area is 122 Å². The van der Waals surface area contributed by atoms with Crippen molar-refractivity contribution in [1.29, 1.82) is 0 Å². The Morgan fingerprint density at radius 1 is 1.38 bits per heavy atom. The number of nitrogens with zero attached hydrogens (tertiary/aromatic N) is 2. The maximum absolute atomic E-state index is 11.9. The van der Waals surface area contributed by atoms with E-state index in [2.05, 4.69) is 9.82 Å². The molecule has 21 heavy (non-hydrogen) atoms. The van der Waals surface area contributed by atoms with E-state index in [1.165, 1.54) is 17.8 Å². The lowest BCUT2D eigenvalue weighted by atomic mass is 10.4. The monoisotopic (exact) mass is 339 g/mol. The molecule has 0 amide bonds. The van der Waals surface area contributed by atoms with E-state index in [4.69, 9.17) is 5.11 Å². The Bertz CT molecular complexity index is 692. The van der Waals surface area contributed by atoms with Crippen LogP contribution in [0, 0.1) is 0 Å². The summed E-state index contributed by atoms with van der Waals surface area (Å²) in [6.07, 6.45) is 2.10. The minimum Gasteiger partial charge on any atom is -0.481 e. The van der Waals surface area contributed by atoms with Gasteiger partial charge in [-0.15, -0.1) is 0 Å². The number of carboxylic acid groups (broad SMARTS) is 1.